The van der Waals surface area contributed by atoms with Crippen LogP contribution in [0.15, 0.2) is 48.0 Å². The quantitative estimate of drug-likeness (QED) is 0.315. The Morgan fingerprint density at radius 3 is 2.39 bits per heavy atom. The van der Waals surface area contributed by atoms with Gasteiger partial charge in [-0.15, -0.1) is 0 Å². The van der Waals surface area contributed by atoms with E-state index in [0.29, 0.717) is 30.3 Å². The lowest BCUT2D eigenvalue weighted by Gasteiger charge is -2.26. The molecule has 174 valence electrons. The zero-order chi connectivity index (χ0) is 23.8. The van der Waals surface area contributed by atoms with Crippen molar-refractivity contribution < 1.29 is 28.2 Å². The van der Waals surface area contributed by atoms with E-state index in [1.807, 2.05) is 6.92 Å². The molecule has 1 N–H and O–H groups in total. The first-order chi connectivity index (χ1) is 15.9. The van der Waals surface area contributed by atoms with Crippen molar-refractivity contribution in [3.8, 4) is 11.5 Å². The summed E-state index contributed by atoms with van der Waals surface area (Å²) in [7, 11) is 0. The SMILES string of the molecule is CCCCCCOc1ccc(/C=C2\C(=O)NC(=O)N(c3ccc(F)cc3)C2=O)cc1OCC. The minimum atomic E-state index is -0.893. The molecule has 0 saturated carbocycles. The van der Waals surface area contributed by atoms with Gasteiger partial charge in [0.15, 0.2) is 11.5 Å². The molecule has 0 bridgehead atoms. The van der Waals surface area contributed by atoms with Crippen LogP contribution < -0.4 is 19.7 Å². The van der Waals surface area contributed by atoms with Gasteiger partial charge in [-0.25, -0.2) is 14.1 Å². The van der Waals surface area contributed by atoms with Crippen LogP contribution in [0.1, 0.15) is 45.1 Å². The third-order valence-electron chi connectivity index (χ3n) is 5.02. The maximum Gasteiger partial charge on any atom is 0.335 e. The van der Waals surface area contributed by atoms with E-state index >= 15 is 0 Å². The highest BCUT2D eigenvalue weighted by Crippen LogP contribution is 2.30. The minimum Gasteiger partial charge on any atom is -0.490 e. The molecule has 1 saturated heterocycles. The van der Waals surface area contributed by atoms with Gasteiger partial charge >= 0.3 is 6.03 Å². The number of imide groups is 2. The predicted molar refractivity (Wildman–Crippen MR) is 123 cm³/mol. The summed E-state index contributed by atoms with van der Waals surface area (Å²) in [6.45, 7) is 4.97. The Bertz CT molecular complexity index is 1050. The Labute approximate surface area is 192 Å². The molecule has 1 fully saturated rings. The van der Waals surface area contributed by atoms with E-state index in [4.69, 9.17) is 9.47 Å². The summed E-state index contributed by atoms with van der Waals surface area (Å²) in [6.07, 6.45) is 5.71. The van der Waals surface area contributed by atoms with E-state index < -0.39 is 23.7 Å². The van der Waals surface area contributed by atoms with Crippen LogP contribution in [0.3, 0.4) is 0 Å². The van der Waals surface area contributed by atoms with Crippen molar-refractivity contribution in [2.75, 3.05) is 18.1 Å². The van der Waals surface area contributed by atoms with Gasteiger partial charge in [-0.3, -0.25) is 14.9 Å². The zero-order valence-electron chi connectivity index (χ0n) is 18.7. The number of anilines is 1. The number of barbiturate groups is 1. The first-order valence-electron chi connectivity index (χ1n) is 11.0. The zero-order valence-corrected chi connectivity index (χ0v) is 18.7. The van der Waals surface area contributed by atoms with Crippen LogP contribution in [0.4, 0.5) is 14.9 Å². The minimum absolute atomic E-state index is 0.152. The lowest BCUT2D eigenvalue weighted by molar-refractivity contribution is -0.122. The highest BCUT2D eigenvalue weighted by Gasteiger charge is 2.36. The smallest absolute Gasteiger partial charge is 0.335 e. The van der Waals surface area contributed by atoms with Gasteiger partial charge in [-0.1, -0.05) is 32.3 Å². The molecule has 8 heteroatoms. The summed E-state index contributed by atoms with van der Waals surface area (Å²) >= 11 is 0. The molecule has 0 aromatic heterocycles. The summed E-state index contributed by atoms with van der Waals surface area (Å²) in [5, 5.41) is 2.15. The number of amides is 4. The van der Waals surface area contributed by atoms with Crippen LogP contribution >= 0.6 is 0 Å². The molecule has 7 nitrogen and oxygen atoms in total. The van der Waals surface area contributed by atoms with E-state index in [1.54, 1.807) is 18.2 Å². The lowest BCUT2D eigenvalue weighted by atomic mass is 10.1. The number of benzene rings is 2. The van der Waals surface area contributed by atoms with Crippen LogP contribution in [-0.4, -0.2) is 31.1 Å². The Kier molecular flexibility index (Phi) is 8.18. The van der Waals surface area contributed by atoms with E-state index in [9.17, 15) is 18.8 Å². The fraction of sp³-hybridized carbons (Fsp3) is 0.320. The van der Waals surface area contributed by atoms with Gasteiger partial charge in [-0.2, -0.15) is 0 Å². The van der Waals surface area contributed by atoms with Crippen LogP contribution in [0.25, 0.3) is 6.08 Å². The summed E-state index contributed by atoms with van der Waals surface area (Å²) in [4.78, 5) is 38.4. The van der Waals surface area contributed by atoms with E-state index in [1.165, 1.54) is 18.2 Å². The maximum atomic E-state index is 13.2. The highest BCUT2D eigenvalue weighted by molar-refractivity contribution is 6.39. The molecule has 2 aromatic rings. The number of unbranched alkanes of at least 4 members (excludes halogenated alkanes) is 3. The lowest BCUT2D eigenvalue weighted by Crippen LogP contribution is -2.54. The second-order valence-electron chi connectivity index (χ2n) is 7.48. The van der Waals surface area contributed by atoms with Crippen LogP contribution in [0.2, 0.25) is 0 Å². The van der Waals surface area contributed by atoms with E-state index in [-0.39, 0.29) is 11.3 Å². The fourth-order valence-electron chi connectivity index (χ4n) is 3.36. The molecule has 0 radical (unpaired) electrons. The Hall–Kier alpha value is -3.68. The Morgan fingerprint density at radius 1 is 0.939 bits per heavy atom. The molecular weight excluding hydrogens is 427 g/mol. The number of ether oxygens (including phenoxy) is 2. The van der Waals surface area contributed by atoms with Gasteiger partial charge in [0.1, 0.15) is 11.4 Å². The number of hydrogen-bond acceptors (Lipinski definition) is 5. The van der Waals surface area contributed by atoms with Crippen molar-refractivity contribution in [1.82, 2.24) is 5.32 Å². The van der Waals surface area contributed by atoms with Gasteiger partial charge in [0, 0.05) is 0 Å². The monoisotopic (exact) mass is 454 g/mol. The number of halogens is 1. The Morgan fingerprint density at radius 2 is 1.70 bits per heavy atom. The highest BCUT2D eigenvalue weighted by atomic mass is 19.1. The third kappa shape index (κ3) is 5.97. The topological polar surface area (TPSA) is 84.9 Å². The first-order valence-corrected chi connectivity index (χ1v) is 11.0. The number of urea groups is 1. The second-order valence-corrected chi connectivity index (χ2v) is 7.48. The number of nitrogens with zero attached hydrogens (tertiary/aromatic N) is 1. The summed E-state index contributed by atoms with van der Waals surface area (Å²) in [5.41, 5.74) is 0.456. The van der Waals surface area contributed by atoms with Gasteiger partial charge in [-0.05, 0) is 61.4 Å². The second kappa shape index (κ2) is 11.3. The third-order valence-corrected chi connectivity index (χ3v) is 5.02. The normalized spacial score (nSPS) is 15.1. The molecule has 33 heavy (non-hydrogen) atoms. The molecule has 0 spiro atoms. The van der Waals surface area contributed by atoms with Gasteiger partial charge < -0.3 is 9.47 Å². The van der Waals surface area contributed by atoms with Crippen LogP contribution in [0, 0.1) is 5.82 Å². The molecule has 0 atom stereocenters. The summed E-state index contributed by atoms with van der Waals surface area (Å²) < 4.78 is 24.8. The molecule has 2 aromatic carbocycles. The van der Waals surface area contributed by atoms with Gasteiger partial charge in [0.05, 0.1) is 18.9 Å². The number of rotatable bonds is 10. The maximum absolute atomic E-state index is 13.2. The van der Waals surface area contributed by atoms with E-state index in [0.717, 1.165) is 42.7 Å². The Balaban J connectivity index is 1.84. The van der Waals surface area contributed by atoms with Gasteiger partial charge in [0.25, 0.3) is 11.8 Å². The van der Waals surface area contributed by atoms with Crippen LogP contribution in [0.5, 0.6) is 11.5 Å². The fourth-order valence-corrected chi connectivity index (χ4v) is 3.36. The molecule has 0 aliphatic carbocycles. The van der Waals surface area contributed by atoms with Crippen molar-refractivity contribution in [2.45, 2.75) is 39.5 Å². The first kappa shape index (κ1) is 24.0. The number of carbonyl (C=O) groups excluding carboxylic acids is 3. The molecule has 1 aliphatic rings. The number of carbonyl (C=O) groups is 3. The molecule has 1 aliphatic heterocycles. The van der Waals surface area contributed by atoms with Crippen LogP contribution in [-0.2, 0) is 9.59 Å². The summed E-state index contributed by atoms with van der Waals surface area (Å²) in [5.74, 6) is -1.04. The van der Waals surface area contributed by atoms with E-state index in [2.05, 4.69) is 12.2 Å². The molecule has 1 heterocycles. The van der Waals surface area contributed by atoms with Crippen molar-refractivity contribution in [2.24, 2.45) is 0 Å². The molecular formula is C25H27FN2O5. The van der Waals surface area contributed by atoms with Crippen molar-refractivity contribution in [3.05, 3.63) is 59.4 Å². The largest absolute Gasteiger partial charge is 0.490 e. The van der Waals surface area contributed by atoms with Gasteiger partial charge in [0.2, 0.25) is 0 Å². The standard InChI is InChI=1S/C25H27FN2O5/c1-3-5-6-7-14-33-21-13-8-17(16-22(21)32-4-2)15-20-23(29)27-25(31)28(24(20)30)19-11-9-18(26)10-12-19/h8-13,15-16H,3-7,14H2,1-2H3,(H,27,29,31)/b20-15+. The number of nitrogens with one attached hydrogen (secondary N) is 1. The molecule has 0 unspecified atom stereocenters. The van der Waals surface area contributed by atoms with Crippen molar-refractivity contribution in [1.29, 1.82) is 0 Å². The summed E-state index contributed by atoms with van der Waals surface area (Å²) in [6, 6.07) is 9.06. The average Bonchev–Trinajstić information content (AvgIpc) is 2.79. The number of hydrogen-bond donors (Lipinski definition) is 1. The molecule has 3 rings (SSSR count). The predicted octanol–water partition coefficient (Wildman–Crippen LogP) is 4.85. The average molecular weight is 454 g/mol. The molecule has 4 amide bonds. The van der Waals surface area contributed by atoms with Crippen molar-refractivity contribution in [3.63, 3.8) is 0 Å². The van der Waals surface area contributed by atoms with Crippen molar-refractivity contribution >= 4 is 29.6 Å².